The highest BCUT2D eigenvalue weighted by atomic mass is 19.4. The van der Waals surface area contributed by atoms with Gasteiger partial charge in [-0.05, 0) is 12.1 Å². The van der Waals surface area contributed by atoms with Crippen LogP contribution >= 0.6 is 0 Å². The van der Waals surface area contributed by atoms with Crippen LogP contribution in [-0.2, 0) is 10.9 Å². The van der Waals surface area contributed by atoms with E-state index in [9.17, 15) is 18.0 Å². The number of morpholine rings is 1. The molecule has 5 nitrogen and oxygen atoms in total. The van der Waals surface area contributed by atoms with Gasteiger partial charge in [-0.1, -0.05) is 0 Å². The van der Waals surface area contributed by atoms with Gasteiger partial charge in [0.25, 0.3) is 0 Å². The van der Waals surface area contributed by atoms with E-state index in [1.165, 1.54) is 4.90 Å². The number of pyridine rings is 1. The Hall–Kier alpha value is -1.83. The van der Waals surface area contributed by atoms with Crippen LogP contribution in [0.4, 0.5) is 19.0 Å². The molecule has 1 saturated heterocycles. The minimum Gasteiger partial charge on any atom is -0.478 e. The summed E-state index contributed by atoms with van der Waals surface area (Å²) in [6.07, 6.45) is -4.60. The first-order valence-corrected chi connectivity index (χ1v) is 5.54. The van der Waals surface area contributed by atoms with E-state index in [2.05, 4.69) is 4.98 Å². The predicted octanol–water partition coefficient (Wildman–Crippen LogP) is 1.64. The van der Waals surface area contributed by atoms with Crippen LogP contribution in [0.25, 0.3) is 0 Å². The number of carboxylic acids is 1. The summed E-state index contributed by atoms with van der Waals surface area (Å²) in [5.74, 6) is -1.46. The standard InChI is InChI=1S/C11H11F3N2O3/c12-11(13,14)8-2-1-7(10(17)18)9(15-8)16-3-5-19-6-4-16/h1-2H,3-6H2,(H,17,18). The number of aromatic nitrogens is 1. The molecule has 0 radical (unpaired) electrons. The van der Waals surface area contributed by atoms with Gasteiger partial charge in [0.1, 0.15) is 17.1 Å². The second kappa shape index (κ2) is 5.04. The molecule has 0 bridgehead atoms. The number of carboxylic acid groups (broad SMARTS) is 1. The molecule has 104 valence electrons. The highest BCUT2D eigenvalue weighted by Gasteiger charge is 2.34. The molecule has 2 heterocycles. The summed E-state index contributed by atoms with van der Waals surface area (Å²) in [6, 6.07) is 1.61. The largest absolute Gasteiger partial charge is 0.478 e. The van der Waals surface area contributed by atoms with Gasteiger partial charge in [0.15, 0.2) is 0 Å². The minimum absolute atomic E-state index is 0.161. The molecular formula is C11H11F3N2O3. The van der Waals surface area contributed by atoms with Crippen LogP contribution < -0.4 is 4.90 Å². The quantitative estimate of drug-likeness (QED) is 0.889. The molecule has 1 aliphatic rings. The van der Waals surface area contributed by atoms with Crippen molar-refractivity contribution in [3.63, 3.8) is 0 Å². The Morgan fingerprint density at radius 1 is 1.32 bits per heavy atom. The van der Waals surface area contributed by atoms with Crippen LogP contribution in [0, 0.1) is 0 Å². The van der Waals surface area contributed by atoms with Crippen LogP contribution in [0.1, 0.15) is 16.1 Å². The zero-order valence-corrected chi connectivity index (χ0v) is 9.78. The lowest BCUT2D eigenvalue weighted by Crippen LogP contribution is -2.38. The first-order valence-electron chi connectivity index (χ1n) is 5.54. The lowest BCUT2D eigenvalue weighted by atomic mass is 10.2. The smallest absolute Gasteiger partial charge is 0.433 e. The number of hydrogen-bond donors (Lipinski definition) is 1. The fourth-order valence-corrected chi connectivity index (χ4v) is 1.79. The van der Waals surface area contributed by atoms with Crippen LogP contribution in [0.2, 0.25) is 0 Å². The molecule has 0 aromatic carbocycles. The number of rotatable bonds is 2. The molecule has 1 aromatic rings. The highest BCUT2D eigenvalue weighted by molar-refractivity contribution is 5.93. The molecule has 0 saturated carbocycles. The van der Waals surface area contributed by atoms with E-state index in [1.54, 1.807) is 0 Å². The maximum Gasteiger partial charge on any atom is 0.433 e. The second-order valence-electron chi connectivity index (χ2n) is 3.97. The van der Waals surface area contributed by atoms with E-state index < -0.39 is 17.8 Å². The van der Waals surface area contributed by atoms with Gasteiger partial charge < -0.3 is 14.7 Å². The van der Waals surface area contributed by atoms with Gasteiger partial charge >= 0.3 is 12.1 Å². The van der Waals surface area contributed by atoms with Gasteiger partial charge in [-0.3, -0.25) is 0 Å². The van der Waals surface area contributed by atoms with E-state index in [1.807, 2.05) is 0 Å². The van der Waals surface area contributed by atoms with E-state index in [4.69, 9.17) is 9.84 Å². The molecule has 0 spiro atoms. The Morgan fingerprint density at radius 3 is 2.47 bits per heavy atom. The number of ether oxygens (including phenoxy) is 1. The van der Waals surface area contributed by atoms with Crippen molar-refractivity contribution in [2.75, 3.05) is 31.2 Å². The van der Waals surface area contributed by atoms with E-state index in [-0.39, 0.29) is 11.4 Å². The van der Waals surface area contributed by atoms with Crippen molar-refractivity contribution in [3.05, 3.63) is 23.4 Å². The van der Waals surface area contributed by atoms with Crippen molar-refractivity contribution in [2.24, 2.45) is 0 Å². The molecular weight excluding hydrogens is 265 g/mol. The average Bonchev–Trinajstić information content (AvgIpc) is 2.38. The molecule has 2 rings (SSSR count). The molecule has 1 N–H and O–H groups in total. The molecule has 0 atom stereocenters. The molecule has 1 aromatic heterocycles. The lowest BCUT2D eigenvalue weighted by molar-refractivity contribution is -0.141. The Bertz CT molecular complexity index is 485. The first kappa shape index (κ1) is 13.6. The lowest BCUT2D eigenvalue weighted by Gasteiger charge is -2.29. The highest BCUT2D eigenvalue weighted by Crippen LogP contribution is 2.30. The molecule has 0 amide bonds. The predicted molar refractivity (Wildman–Crippen MR) is 59.2 cm³/mol. The second-order valence-corrected chi connectivity index (χ2v) is 3.97. The maximum absolute atomic E-state index is 12.6. The Kier molecular flexibility index (Phi) is 3.61. The monoisotopic (exact) mass is 276 g/mol. The maximum atomic E-state index is 12.6. The number of alkyl halides is 3. The minimum atomic E-state index is -4.60. The zero-order valence-electron chi connectivity index (χ0n) is 9.78. The summed E-state index contributed by atoms with van der Waals surface area (Å²) in [5.41, 5.74) is -1.34. The molecule has 0 aliphatic carbocycles. The van der Waals surface area contributed by atoms with Gasteiger partial charge in [-0.25, -0.2) is 9.78 Å². The van der Waals surface area contributed by atoms with E-state index >= 15 is 0 Å². The average molecular weight is 276 g/mol. The fourth-order valence-electron chi connectivity index (χ4n) is 1.79. The zero-order chi connectivity index (χ0) is 14.0. The topological polar surface area (TPSA) is 62.7 Å². The molecule has 0 unspecified atom stereocenters. The normalized spacial score (nSPS) is 16.5. The number of halogens is 3. The van der Waals surface area contributed by atoms with Crippen molar-refractivity contribution in [1.82, 2.24) is 4.98 Å². The van der Waals surface area contributed by atoms with Crippen molar-refractivity contribution in [3.8, 4) is 0 Å². The molecule has 1 aliphatic heterocycles. The third-order valence-corrected chi connectivity index (χ3v) is 2.71. The molecule has 8 heteroatoms. The third kappa shape index (κ3) is 2.95. The molecule has 1 fully saturated rings. The van der Waals surface area contributed by atoms with Crippen LogP contribution in [0.3, 0.4) is 0 Å². The van der Waals surface area contributed by atoms with Crippen LogP contribution in [0.15, 0.2) is 12.1 Å². The number of hydrogen-bond acceptors (Lipinski definition) is 4. The Labute approximate surface area is 106 Å². The number of carbonyl (C=O) groups is 1. The third-order valence-electron chi connectivity index (χ3n) is 2.71. The van der Waals surface area contributed by atoms with Crippen molar-refractivity contribution in [2.45, 2.75) is 6.18 Å². The Morgan fingerprint density at radius 2 is 1.95 bits per heavy atom. The van der Waals surface area contributed by atoms with Crippen LogP contribution in [-0.4, -0.2) is 42.4 Å². The number of anilines is 1. The summed E-state index contributed by atoms with van der Waals surface area (Å²) in [4.78, 5) is 16.0. The summed E-state index contributed by atoms with van der Waals surface area (Å²) in [7, 11) is 0. The van der Waals surface area contributed by atoms with Crippen molar-refractivity contribution >= 4 is 11.8 Å². The number of aromatic carboxylic acids is 1. The summed E-state index contributed by atoms with van der Waals surface area (Å²) >= 11 is 0. The fraction of sp³-hybridized carbons (Fsp3) is 0.455. The number of nitrogens with zero attached hydrogens (tertiary/aromatic N) is 2. The van der Waals surface area contributed by atoms with Crippen molar-refractivity contribution in [1.29, 1.82) is 0 Å². The van der Waals surface area contributed by atoms with E-state index in [0.29, 0.717) is 32.4 Å². The van der Waals surface area contributed by atoms with Gasteiger partial charge in [0.05, 0.1) is 13.2 Å². The van der Waals surface area contributed by atoms with Gasteiger partial charge in [0, 0.05) is 13.1 Å². The van der Waals surface area contributed by atoms with Crippen LogP contribution in [0.5, 0.6) is 0 Å². The van der Waals surface area contributed by atoms with Crippen molar-refractivity contribution < 1.29 is 27.8 Å². The molecule has 19 heavy (non-hydrogen) atoms. The van der Waals surface area contributed by atoms with Gasteiger partial charge in [0.2, 0.25) is 0 Å². The summed E-state index contributed by atoms with van der Waals surface area (Å²) in [5, 5.41) is 9.01. The SMILES string of the molecule is O=C(O)c1ccc(C(F)(F)F)nc1N1CCOCC1. The van der Waals surface area contributed by atoms with E-state index in [0.717, 1.165) is 6.07 Å². The summed E-state index contributed by atoms with van der Waals surface area (Å²) < 4.78 is 42.9. The van der Waals surface area contributed by atoms with Gasteiger partial charge in [-0.15, -0.1) is 0 Å². The Balaban J connectivity index is 2.44. The first-order chi connectivity index (χ1) is 8.89. The van der Waals surface area contributed by atoms with Gasteiger partial charge in [-0.2, -0.15) is 13.2 Å². The summed E-state index contributed by atoms with van der Waals surface area (Å²) in [6.45, 7) is 1.29.